The minimum atomic E-state index is -0.140. The number of ether oxygens (including phenoxy) is 1. The van der Waals surface area contributed by atoms with Crippen LogP contribution in [0.15, 0.2) is 0 Å². The summed E-state index contributed by atoms with van der Waals surface area (Å²) in [6.45, 7) is 4.31. The van der Waals surface area contributed by atoms with Crippen molar-refractivity contribution in [3.8, 4) is 5.75 Å². The third kappa shape index (κ3) is 4.11. The van der Waals surface area contributed by atoms with E-state index in [9.17, 15) is 4.79 Å². The molecule has 0 radical (unpaired) electrons. The smallest absolute Gasteiger partial charge is 0.257 e. The number of carbonyl (C=O) groups excluding carboxylic acids is 1. The first-order chi connectivity index (χ1) is 8.99. The van der Waals surface area contributed by atoms with Crippen molar-refractivity contribution in [3.63, 3.8) is 0 Å². The summed E-state index contributed by atoms with van der Waals surface area (Å²) in [4.78, 5) is 11.7. The molecule has 0 saturated heterocycles. The highest BCUT2D eigenvalue weighted by Crippen LogP contribution is 2.31. The molecular formula is C13H23ClN4O2. The Kier molecular flexibility index (Phi) is 5.83. The van der Waals surface area contributed by atoms with Crippen LogP contribution in [0.3, 0.4) is 0 Å². The summed E-state index contributed by atoms with van der Waals surface area (Å²) in [7, 11) is 1.85. The maximum absolute atomic E-state index is 11.7. The zero-order valence-corrected chi connectivity index (χ0v) is 13.0. The van der Waals surface area contributed by atoms with Crippen LogP contribution in [-0.2, 0) is 11.8 Å². The normalized spacial score (nSPS) is 15.4. The Labute approximate surface area is 125 Å². The molecule has 1 unspecified atom stereocenters. The minimum Gasteiger partial charge on any atom is -0.480 e. The average molecular weight is 303 g/mol. The molecule has 1 aromatic rings. The number of nitrogens with zero attached hydrogens (tertiary/aromatic N) is 2. The van der Waals surface area contributed by atoms with Crippen molar-refractivity contribution >= 4 is 18.3 Å². The van der Waals surface area contributed by atoms with E-state index in [4.69, 9.17) is 10.5 Å². The monoisotopic (exact) mass is 302 g/mol. The molecule has 1 aromatic heterocycles. The molecular weight excluding hydrogens is 280 g/mol. The van der Waals surface area contributed by atoms with Gasteiger partial charge < -0.3 is 15.8 Å². The lowest BCUT2D eigenvalue weighted by molar-refractivity contribution is -0.123. The third-order valence-electron chi connectivity index (χ3n) is 3.55. The molecule has 0 aromatic carbocycles. The number of aromatic nitrogens is 2. The van der Waals surface area contributed by atoms with Gasteiger partial charge in [0.25, 0.3) is 5.91 Å². The predicted molar refractivity (Wildman–Crippen MR) is 79.1 cm³/mol. The standard InChI is InChI=1S/C13H22N4O2.ClH/c1-8-13(9(2)17(3)16-8)19-7-12(18)15-6-11(14)10-4-5-10;/h10-11H,4-7,14H2,1-3H3,(H,15,18);1H. The van der Waals surface area contributed by atoms with Gasteiger partial charge in [-0.3, -0.25) is 9.48 Å². The Morgan fingerprint density at radius 2 is 2.20 bits per heavy atom. The van der Waals surface area contributed by atoms with Gasteiger partial charge in [-0.25, -0.2) is 0 Å². The molecule has 1 atom stereocenters. The predicted octanol–water partition coefficient (Wildman–Crippen LogP) is 0.691. The van der Waals surface area contributed by atoms with E-state index >= 15 is 0 Å². The van der Waals surface area contributed by atoms with Crippen molar-refractivity contribution in [1.29, 1.82) is 0 Å². The van der Waals surface area contributed by atoms with Gasteiger partial charge in [0, 0.05) is 19.6 Å². The number of hydrogen-bond acceptors (Lipinski definition) is 4. The van der Waals surface area contributed by atoms with E-state index in [-0.39, 0.29) is 31.0 Å². The molecule has 3 N–H and O–H groups in total. The number of aryl methyl sites for hydroxylation is 2. The first-order valence-corrected chi connectivity index (χ1v) is 6.64. The van der Waals surface area contributed by atoms with E-state index in [2.05, 4.69) is 10.4 Å². The summed E-state index contributed by atoms with van der Waals surface area (Å²) in [6.07, 6.45) is 2.36. The molecule has 1 amide bonds. The van der Waals surface area contributed by atoms with Crippen LogP contribution in [0.25, 0.3) is 0 Å². The quantitative estimate of drug-likeness (QED) is 0.810. The fourth-order valence-corrected chi connectivity index (χ4v) is 2.07. The third-order valence-corrected chi connectivity index (χ3v) is 3.55. The number of nitrogens with one attached hydrogen (secondary N) is 1. The Morgan fingerprint density at radius 3 is 2.70 bits per heavy atom. The molecule has 1 aliphatic rings. The zero-order chi connectivity index (χ0) is 14.0. The highest BCUT2D eigenvalue weighted by Gasteiger charge is 2.28. The van der Waals surface area contributed by atoms with Crippen LogP contribution in [0.2, 0.25) is 0 Å². The highest BCUT2D eigenvalue weighted by molar-refractivity contribution is 5.85. The summed E-state index contributed by atoms with van der Waals surface area (Å²) in [6, 6.07) is 0.0748. The number of halogens is 1. The molecule has 1 aliphatic carbocycles. The van der Waals surface area contributed by atoms with Crippen molar-refractivity contribution in [3.05, 3.63) is 11.4 Å². The summed E-state index contributed by atoms with van der Waals surface area (Å²) in [5, 5.41) is 7.04. The summed E-state index contributed by atoms with van der Waals surface area (Å²) >= 11 is 0. The van der Waals surface area contributed by atoms with E-state index < -0.39 is 0 Å². The topological polar surface area (TPSA) is 82.2 Å². The SMILES string of the molecule is Cc1nn(C)c(C)c1OCC(=O)NCC(N)C1CC1.Cl. The van der Waals surface area contributed by atoms with E-state index in [1.165, 1.54) is 12.8 Å². The zero-order valence-electron chi connectivity index (χ0n) is 12.2. The van der Waals surface area contributed by atoms with Gasteiger partial charge in [-0.2, -0.15) is 5.10 Å². The van der Waals surface area contributed by atoms with Crippen molar-refractivity contribution in [2.75, 3.05) is 13.2 Å². The maximum Gasteiger partial charge on any atom is 0.257 e. The highest BCUT2D eigenvalue weighted by atomic mass is 35.5. The summed E-state index contributed by atoms with van der Waals surface area (Å²) < 4.78 is 7.26. The van der Waals surface area contributed by atoms with Gasteiger partial charge in [0.15, 0.2) is 12.4 Å². The molecule has 0 aliphatic heterocycles. The number of rotatable bonds is 6. The Balaban J connectivity index is 0.00000200. The van der Waals surface area contributed by atoms with Crippen LogP contribution >= 0.6 is 12.4 Å². The van der Waals surface area contributed by atoms with Gasteiger partial charge in [-0.05, 0) is 32.6 Å². The van der Waals surface area contributed by atoms with Gasteiger partial charge in [0.05, 0.1) is 5.69 Å². The summed E-state index contributed by atoms with van der Waals surface area (Å²) in [5.41, 5.74) is 7.63. The van der Waals surface area contributed by atoms with Crippen LogP contribution in [0, 0.1) is 19.8 Å². The molecule has 1 fully saturated rings. The summed E-state index contributed by atoms with van der Waals surface area (Å²) in [5.74, 6) is 1.13. The van der Waals surface area contributed by atoms with Crippen molar-refractivity contribution < 1.29 is 9.53 Å². The number of hydrogen-bond donors (Lipinski definition) is 2. The minimum absolute atomic E-state index is 0. The Morgan fingerprint density at radius 1 is 1.55 bits per heavy atom. The number of amides is 1. The van der Waals surface area contributed by atoms with Crippen LogP contribution in [0.4, 0.5) is 0 Å². The first kappa shape index (κ1) is 16.8. The van der Waals surface area contributed by atoms with Gasteiger partial charge in [-0.1, -0.05) is 0 Å². The lowest BCUT2D eigenvalue weighted by atomic mass is 10.2. The average Bonchev–Trinajstić information content (AvgIpc) is 3.16. The van der Waals surface area contributed by atoms with E-state index in [0.29, 0.717) is 18.2 Å². The van der Waals surface area contributed by atoms with Gasteiger partial charge in [-0.15, -0.1) is 12.4 Å². The van der Waals surface area contributed by atoms with E-state index in [1.807, 2.05) is 20.9 Å². The van der Waals surface area contributed by atoms with Crippen LogP contribution < -0.4 is 15.8 Å². The maximum atomic E-state index is 11.7. The van der Waals surface area contributed by atoms with E-state index in [0.717, 1.165) is 11.4 Å². The van der Waals surface area contributed by atoms with Crippen molar-refractivity contribution in [2.24, 2.45) is 18.7 Å². The molecule has 1 heterocycles. The lowest BCUT2D eigenvalue weighted by Gasteiger charge is -2.12. The largest absolute Gasteiger partial charge is 0.480 e. The second kappa shape index (κ2) is 6.95. The molecule has 1 saturated carbocycles. The second-order valence-corrected chi connectivity index (χ2v) is 5.22. The van der Waals surface area contributed by atoms with Crippen molar-refractivity contribution in [1.82, 2.24) is 15.1 Å². The fourth-order valence-electron chi connectivity index (χ4n) is 2.07. The van der Waals surface area contributed by atoms with Gasteiger partial charge in [0.2, 0.25) is 0 Å². The molecule has 0 bridgehead atoms. The molecule has 20 heavy (non-hydrogen) atoms. The number of nitrogens with two attached hydrogens (primary N) is 1. The first-order valence-electron chi connectivity index (χ1n) is 6.64. The Hall–Kier alpha value is -1.27. The van der Waals surface area contributed by atoms with E-state index in [1.54, 1.807) is 4.68 Å². The molecule has 2 rings (SSSR count). The fraction of sp³-hybridized carbons (Fsp3) is 0.692. The lowest BCUT2D eigenvalue weighted by Crippen LogP contribution is -2.40. The van der Waals surface area contributed by atoms with Crippen LogP contribution in [0.1, 0.15) is 24.2 Å². The van der Waals surface area contributed by atoms with Crippen LogP contribution in [0.5, 0.6) is 5.75 Å². The second-order valence-electron chi connectivity index (χ2n) is 5.22. The number of carbonyl (C=O) groups is 1. The molecule has 114 valence electrons. The molecule has 6 nitrogen and oxygen atoms in total. The van der Waals surface area contributed by atoms with Gasteiger partial charge >= 0.3 is 0 Å². The van der Waals surface area contributed by atoms with Crippen molar-refractivity contribution in [2.45, 2.75) is 32.7 Å². The Bertz CT molecular complexity index is 471. The van der Waals surface area contributed by atoms with Gasteiger partial charge in [0.1, 0.15) is 5.69 Å². The van der Waals surface area contributed by atoms with Crippen LogP contribution in [-0.4, -0.2) is 34.9 Å². The molecule has 7 heteroatoms. The molecule has 0 spiro atoms.